The molecule has 0 saturated heterocycles. The maximum Gasteiger partial charge on any atom is 0.191 e. The summed E-state index contributed by atoms with van der Waals surface area (Å²) in [6.45, 7) is 1.46. The van der Waals surface area contributed by atoms with Gasteiger partial charge < -0.3 is 0 Å². The van der Waals surface area contributed by atoms with Crippen molar-refractivity contribution in [2.45, 2.75) is 11.1 Å². The first-order valence-corrected chi connectivity index (χ1v) is 7.17. The second-order valence-electron chi connectivity index (χ2n) is 3.14. The molecule has 1 rings (SSSR count). The van der Waals surface area contributed by atoms with E-state index in [9.17, 15) is 17.6 Å². The molecule has 1 atom stereocenters. The second-order valence-corrected chi connectivity index (χ2v) is 7.03. The zero-order valence-corrected chi connectivity index (χ0v) is 10.9. The van der Waals surface area contributed by atoms with Gasteiger partial charge in [0, 0.05) is 11.3 Å². The Morgan fingerprint density at radius 2 is 1.88 bits per heavy atom. The van der Waals surface area contributed by atoms with Crippen LogP contribution in [0, 0.1) is 5.82 Å². The third kappa shape index (κ3) is 2.89. The molecule has 0 aliphatic heterocycles. The molecule has 1 aromatic rings. The highest BCUT2D eigenvalue weighted by atomic mass is 79.9. The molecule has 0 aromatic heterocycles. The van der Waals surface area contributed by atoms with Crippen LogP contribution in [0.5, 0.6) is 0 Å². The van der Waals surface area contributed by atoms with Crippen LogP contribution in [0.4, 0.5) is 4.39 Å². The number of benzene rings is 1. The first kappa shape index (κ1) is 13.3. The number of hydrogen-bond donors (Lipinski definition) is 0. The average molecular weight is 309 g/mol. The molecule has 16 heavy (non-hydrogen) atoms. The molecule has 0 saturated carbocycles. The van der Waals surface area contributed by atoms with E-state index in [-0.39, 0.29) is 11.3 Å². The van der Waals surface area contributed by atoms with Crippen LogP contribution < -0.4 is 0 Å². The minimum atomic E-state index is -3.48. The Kier molecular flexibility index (Phi) is 4.21. The summed E-state index contributed by atoms with van der Waals surface area (Å²) in [5.41, 5.74) is 0.167. The van der Waals surface area contributed by atoms with Crippen molar-refractivity contribution < 1.29 is 17.6 Å². The van der Waals surface area contributed by atoms with Gasteiger partial charge >= 0.3 is 0 Å². The lowest BCUT2D eigenvalue weighted by Gasteiger charge is -2.08. The Balaban J connectivity index is 2.99. The van der Waals surface area contributed by atoms with E-state index < -0.39 is 25.6 Å². The molecule has 0 aliphatic carbocycles. The Labute approximate surface area is 102 Å². The van der Waals surface area contributed by atoms with Gasteiger partial charge in [-0.25, -0.2) is 12.8 Å². The Bertz CT molecular complexity index is 481. The normalized spacial score (nSPS) is 13.4. The lowest BCUT2D eigenvalue weighted by atomic mass is 10.1. The minimum Gasteiger partial charge on any atom is -0.292 e. The third-order valence-corrected chi connectivity index (χ3v) is 5.83. The molecule has 3 nitrogen and oxygen atoms in total. The summed E-state index contributed by atoms with van der Waals surface area (Å²) in [7, 11) is -3.48. The van der Waals surface area contributed by atoms with E-state index in [1.807, 2.05) is 0 Å². The zero-order chi connectivity index (χ0) is 12.3. The van der Waals surface area contributed by atoms with E-state index in [4.69, 9.17) is 0 Å². The summed E-state index contributed by atoms with van der Waals surface area (Å²) in [5.74, 6) is -1.18. The van der Waals surface area contributed by atoms with Gasteiger partial charge in [0.25, 0.3) is 0 Å². The van der Waals surface area contributed by atoms with Crippen LogP contribution in [0.25, 0.3) is 0 Å². The molecule has 0 fully saturated rings. The molecule has 0 bridgehead atoms. The number of alkyl halides is 1. The standard InChI is InChI=1S/C10H10BrFO3S/c1-2-16(14,15)10(11)9(13)7-3-5-8(12)6-4-7/h3-6,10H,2H2,1H3/t10-/m1/s1. The van der Waals surface area contributed by atoms with Crippen LogP contribution in [-0.4, -0.2) is 24.1 Å². The number of ketones is 1. The van der Waals surface area contributed by atoms with Crippen molar-refractivity contribution in [2.75, 3.05) is 5.75 Å². The number of sulfone groups is 1. The van der Waals surface area contributed by atoms with Gasteiger partial charge in [0.1, 0.15) is 5.82 Å². The summed E-state index contributed by atoms with van der Waals surface area (Å²) < 4.78 is 34.2. The van der Waals surface area contributed by atoms with Gasteiger partial charge in [-0.05, 0) is 24.3 Å². The van der Waals surface area contributed by atoms with Crippen LogP contribution in [0.2, 0.25) is 0 Å². The molecule has 1 aromatic carbocycles. The van der Waals surface area contributed by atoms with Crippen LogP contribution in [0.15, 0.2) is 24.3 Å². The van der Waals surface area contributed by atoms with Crippen molar-refractivity contribution in [3.8, 4) is 0 Å². The Hall–Kier alpha value is -0.750. The van der Waals surface area contributed by atoms with Crippen molar-refractivity contribution in [1.82, 2.24) is 0 Å². The SMILES string of the molecule is CCS(=O)(=O)[C@@H](Br)C(=O)c1ccc(F)cc1. The Morgan fingerprint density at radius 1 is 1.38 bits per heavy atom. The summed E-state index contributed by atoms with van der Waals surface area (Å²) in [6, 6.07) is 4.76. The second kappa shape index (κ2) is 5.05. The van der Waals surface area contributed by atoms with Crippen LogP contribution in [0.1, 0.15) is 17.3 Å². The highest BCUT2D eigenvalue weighted by Gasteiger charge is 2.28. The molecule has 0 radical (unpaired) electrons. The molecule has 0 amide bonds. The number of hydrogen-bond acceptors (Lipinski definition) is 3. The van der Waals surface area contributed by atoms with Crippen LogP contribution in [-0.2, 0) is 9.84 Å². The van der Waals surface area contributed by atoms with E-state index in [1.54, 1.807) is 0 Å². The number of carbonyl (C=O) groups excluding carboxylic acids is 1. The van der Waals surface area contributed by atoms with Crippen LogP contribution in [0.3, 0.4) is 0 Å². The molecule has 0 heterocycles. The van der Waals surface area contributed by atoms with Gasteiger partial charge in [-0.15, -0.1) is 0 Å². The smallest absolute Gasteiger partial charge is 0.191 e. The Morgan fingerprint density at radius 3 is 2.31 bits per heavy atom. The fourth-order valence-electron chi connectivity index (χ4n) is 1.05. The maximum absolute atomic E-state index is 12.6. The van der Waals surface area contributed by atoms with Crippen molar-refractivity contribution >= 4 is 31.6 Å². The predicted molar refractivity (Wildman–Crippen MR) is 62.9 cm³/mol. The first-order valence-electron chi connectivity index (χ1n) is 4.54. The summed E-state index contributed by atoms with van der Waals surface area (Å²) in [5, 5.41) is 0. The van der Waals surface area contributed by atoms with Crippen molar-refractivity contribution in [3.05, 3.63) is 35.6 Å². The van der Waals surface area contributed by atoms with Crippen molar-refractivity contribution in [1.29, 1.82) is 0 Å². The topological polar surface area (TPSA) is 51.2 Å². The molecule has 88 valence electrons. The fraction of sp³-hybridized carbons (Fsp3) is 0.300. The van der Waals surface area contributed by atoms with Gasteiger partial charge in [0.05, 0.1) is 0 Å². The van der Waals surface area contributed by atoms with Gasteiger partial charge in [0.2, 0.25) is 0 Å². The lowest BCUT2D eigenvalue weighted by molar-refractivity contribution is 0.101. The fourth-order valence-corrected chi connectivity index (χ4v) is 2.87. The highest BCUT2D eigenvalue weighted by molar-refractivity contribution is 9.11. The van der Waals surface area contributed by atoms with E-state index >= 15 is 0 Å². The molecule has 0 spiro atoms. The van der Waals surface area contributed by atoms with Crippen LogP contribution >= 0.6 is 15.9 Å². The number of rotatable bonds is 4. The molecule has 0 N–H and O–H groups in total. The van der Waals surface area contributed by atoms with E-state index in [0.717, 1.165) is 12.1 Å². The molecular formula is C10H10BrFO3S. The molecule has 0 unspecified atom stereocenters. The third-order valence-electron chi connectivity index (χ3n) is 2.05. The number of Topliss-reactive ketones (excluding diaryl/α,β-unsaturated/α-hetero) is 1. The van der Waals surface area contributed by atoms with E-state index in [0.29, 0.717) is 0 Å². The quantitative estimate of drug-likeness (QED) is 0.632. The van der Waals surface area contributed by atoms with Crippen molar-refractivity contribution in [2.24, 2.45) is 0 Å². The molecular weight excluding hydrogens is 299 g/mol. The minimum absolute atomic E-state index is 0.129. The van der Waals surface area contributed by atoms with Gasteiger partial charge in [-0.1, -0.05) is 22.9 Å². The number of carbonyl (C=O) groups is 1. The maximum atomic E-state index is 12.6. The van der Waals surface area contributed by atoms with E-state index in [1.165, 1.54) is 19.1 Å². The number of halogens is 2. The van der Waals surface area contributed by atoms with E-state index in [2.05, 4.69) is 15.9 Å². The van der Waals surface area contributed by atoms with Gasteiger partial charge in [-0.2, -0.15) is 0 Å². The largest absolute Gasteiger partial charge is 0.292 e. The van der Waals surface area contributed by atoms with Gasteiger partial charge in [-0.3, -0.25) is 4.79 Å². The monoisotopic (exact) mass is 308 g/mol. The summed E-state index contributed by atoms with van der Waals surface area (Å²) in [6.07, 6.45) is 0. The molecule has 6 heteroatoms. The average Bonchev–Trinajstić information content (AvgIpc) is 2.28. The predicted octanol–water partition coefficient (Wildman–Crippen LogP) is 2.16. The molecule has 0 aliphatic rings. The first-order chi connectivity index (χ1) is 7.38. The van der Waals surface area contributed by atoms with Crippen molar-refractivity contribution in [3.63, 3.8) is 0 Å². The highest BCUT2D eigenvalue weighted by Crippen LogP contribution is 2.17. The summed E-state index contributed by atoms with van der Waals surface area (Å²) >= 11 is 2.85. The zero-order valence-electron chi connectivity index (χ0n) is 8.48. The lowest BCUT2D eigenvalue weighted by Crippen LogP contribution is -2.26. The van der Waals surface area contributed by atoms with Gasteiger partial charge in [0.15, 0.2) is 19.8 Å². The summed E-state index contributed by atoms with van der Waals surface area (Å²) in [4.78, 5) is 11.7.